The standard InChI is InChI=1S/C15H22N2O3S/c1-4-11-17(12-5-2)21(18,19)15-8-6-14(7-9-15)20-13-10-16-3/h4-9,16H,1-2,10-13H2,3H3. The monoisotopic (exact) mass is 310 g/mol. The second-order valence-corrected chi connectivity index (χ2v) is 6.26. The lowest BCUT2D eigenvalue weighted by Crippen LogP contribution is -2.31. The van der Waals surface area contributed by atoms with Crippen LogP contribution in [0.4, 0.5) is 0 Å². The Kier molecular flexibility index (Phi) is 7.14. The minimum absolute atomic E-state index is 0.229. The molecule has 0 unspecified atom stereocenters. The van der Waals surface area contributed by atoms with Gasteiger partial charge in [-0.05, 0) is 31.3 Å². The topological polar surface area (TPSA) is 58.6 Å². The molecule has 6 heteroatoms. The van der Waals surface area contributed by atoms with Gasteiger partial charge in [-0.3, -0.25) is 0 Å². The molecule has 0 heterocycles. The maximum Gasteiger partial charge on any atom is 0.243 e. The van der Waals surface area contributed by atoms with E-state index in [1.165, 1.54) is 4.31 Å². The summed E-state index contributed by atoms with van der Waals surface area (Å²) in [5.41, 5.74) is 0. The van der Waals surface area contributed by atoms with Crippen molar-refractivity contribution in [2.24, 2.45) is 0 Å². The molecule has 0 saturated heterocycles. The van der Waals surface area contributed by atoms with E-state index in [0.717, 1.165) is 6.54 Å². The van der Waals surface area contributed by atoms with Crippen LogP contribution in [0.1, 0.15) is 0 Å². The fourth-order valence-electron chi connectivity index (χ4n) is 1.69. The Balaban J connectivity index is 2.87. The van der Waals surface area contributed by atoms with Crippen LogP contribution in [0.25, 0.3) is 0 Å². The first kappa shape index (κ1) is 17.4. The summed E-state index contributed by atoms with van der Waals surface area (Å²) in [7, 11) is -1.70. The molecule has 0 aliphatic carbocycles. The molecule has 1 aromatic rings. The minimum atomic E-state index is -3.54. The summed E-state index contributed by atoms with van der Waals surface area (Å²) < 4.78 is 31.7. The van der Waals surface area contributed by atoms with Gasteiger partial charge in [0.25, 0.3) is 0 Å². The number of likely N-dealkylation sites (N-methyl/N-ethyl adjacent to an activating group) is 1. The van der Waals surface area contributed by atoms with Crippen molar-refractivity contribution in [3.05, 3.63) is 49.6 Å². The first-order valence-corrected chi connectivity index (χ1v) is 8.09. The molecule has 1 rings (SSSR count). The quantitative estimate of drug-likeness (QED) is 0.527. The van der Waals surface area contributed by atoms with E-state index < -0.39 is 10.0 Å². The highest BCUT2D eigenvalue weighted by atomic mass is 32.2. The van der Waals surface area contributed by atoms with E-state index in [-0.39, 0.29) is 18.0 Å². The summed E-state index contributed by atoms with van der Waals surface area (Å²) in [5, 5.41) is 2.97. The average molecular weight is 310 g/mol. The van der Waals surface area contributed by atoms with Crippen LogP contribution in [0.2, 0.25) is 0 Å². The van der Waals surface area contributed by atoms with Crippen LogP contribution < -0.4 is 10.1 Å². The molecule has 0 aromatic heterocycles. The van der Waals surface area contributed by atoms with Crippen LogP contribution in [0.5, 0.6) is 5.75 Å². The zero-order valence-corrected chi connectivity index (χ0v) is 13.1. The second kappa shape index (κ2) is 8.61. The number of ether oxygens (including phenoxy) is 1. The third-order valence-corrected chi connectivity index (χ3v) is 4.59. The summed E-state index contributed by atoms with van der Waals surface area (Å²) in [4.78, 5) is 0.229. The van der Waals surface area contributed by atoms with Gasteiger partial charge in [-0.1, -0.05) is 12.2 Å². The van der Waals surface area contributed by atoms with Gasteiger partial charge in [0.05, 0.1) is 4.90 Å². The molecule has 1 aromatic carbocycles. The summed E-state index contributed by atoms with van der Waals surface area (Å²) in [6, 6.07) is 6.40. The largest absolute Gasteiger partial charge is 0.492 e. The normalized spacial score (nSPS) is 11.3. The van der Waals surface area contributed by atoms with Gasteiger partial charge in [0.15, 0.2) is 0 Å². The summed E-state index contributed by atoms with van der Waals surface area (Å²) in [6.45, 7) is 8.91. The number of hydrogen-bond acceptors (Lipinski definition) is 4. The summed E-state index contributed by atoms with van der Waals surface area (Å²) in [6.07, 6.45) is 3.10. The van der Waals surface area contributed by atoms with Crippen molar-refractivity contribution >= 4 is 10.0 Å². The Morgan fingerprint density at radius 1 is 1.19 bits per heavy atom. The third kappa shape index (κ3) is 5.00. The number of sulfonamides is 1. The van der Waals surface area contributed by atoms with Crippen LogP contribution in [0.3, 0.4) is 0 Å². The molecule has 0 saturated carbocycles. The van der Waals surface area contributed by atoms with Crippen LogP contribution in [0, 0.1) is 0 Å². The Labute approximate surface area is 127 Å². The van der Waals surface area contributed by atoms with Gasteiger partial charge < -0.3 is 10.1 Å². The van der Waals surface area contributed by atoms with Crippen LogP contribution in [-0.2, 0) is 10.0 Å². The van der Waals surface area contributed by atoms with Gasteiger partial charge in [-0.15, -0.1) is 13.2 Å². The lowest BCUT2D eigenvalue weighted by atomic mass is 10.3. The Morgan fingerprint density at radius 3 is 2.24 bits per heavy atom. The molecule has 21 heavy (non-hydrogen) atoms. The molecule has 5 nitrogen and oxygen atoms in total. The predicted octanol–water partition coefficient (Wildman–Crippen LogP) is 1.65. The third-order valence-electron chi connectivity index (χ3n) is 2.75. The number of nitrogens with one attached hydrogen (secondary N) is 1. The molecule has 0 atom stereocenters. The number of benzene rings is 1. The van der Waals surface area contributed by atoms with Gasteiger partial charge >= 0.3 is 0 Å². The van der Waals surface area contributed by atoms with Crippen molar-refractivity contribution in [2.45, 2.75) is 4.90 Å². The van der Waals surface area contributed by atoms with E-state index in [1.807, 2.05) is 7.05 Å². The number of hydrogen-bond donors (Lipinski definition) is 1. The van der Waals surface area contributed by atoms with Crippen LogP contribution in [0.15, 0.2) is 54.5 Å². The minimum Gasteiger partial charge on any atom is -0.492 e. The predicted molar refractivity (Wildman–Crippen MR) is 85.0 cm³/mol. The molecular formula is C15H22N2O3S. The molecule has 0 amide bonds. The lowest BCUT2D eigenvalue weighted by molar-refractivity contribution is 0.318. The zero-order chi connectivity index (χ0) is 15.7. The van der Waals surface area contributed by atoms with Crippen LogP contribution in [-0.4, -0.2) is 46.0 Å². The molecule has 0 fully saturated rings. The van der Waals surface area contributed by atoms with E-state index >= 15 is 0 Å². The van der Waals surface area contributed by atoms with Crippen molar-refractivity contribution in [2.75, 3.05) is 33.3 Å². The maximum atomic E-state index is 12.5. The van der Waals surface area contributed by atoms with E-state index in [0.29, 0.717) is 12.4 Å². The molecule has 0 aliphatic heterocycles. The molecule has 0 bridgehead atoms. The molecule has 0 spiro atoms. The van der Waals surface area contributed by atoms with Gasteiger partial charge in [0.2, 0.25) is 10.0 Å². The lowest BCUT2D eigenvalue weighted by Gasteiger charge is -2.19. The smallest absolute Gasteiger partial charge is 0.243 e. The Hall–Kier alpha value is -1.63. The van der Waals surface area contributed by atoms with Crippen molar-refractivity contribution in [3.63, 3.8) is 0 Å². The number of rotatable bonds is 10. The molecular weight excluding hydrogens is 288 g/mol. The first-order chi connectivity index (χ1) is 10.1. The Bertz CT molecular complexity index is 543. The van der Waals surface area contributed by atoms with Crippen molar-refractivity contribution < 1.29 is 13.2 Å². The van der Waals surface area contributed by atoms with Gasteiger partial charge in [-0.25, -0.2) is 8.42 Å². The zero-order valence-electron chi connectivity index (χ0n) is 12.3. The fourth-order valence-corrected chi connectivity index (χ4v) is 3.07. The molecule has 116 valence electrons. The van der Waals surface area contributed by atoms with E-state index in [1.54, 1.807) is 36.4 Å². The number of nitrogens with zero attached hydrogens (tertiary/aromatic N) is 1. The molecule has 0 aliphatic rings. The summed E-state index contributed by atoms with van der Waals surface area (Å²) >= 11 is 0. The van der Waals surface area contributed by atoms with Gasteiger partial charge in [-0.2, -0.15) is 4.31 Å². The molecule has 1 N–H and O–H groups in total. The van der Waals surface area contributed by atoms with Crippen molar-refractivity contribution in [1.82, 2.24) is 9.62 Å². The highest BCUT2D eigenvalue weighted by Gasteiger charge is 2.22. The van der Waals surface area contributed by atoms with Gasteiger partial charge in [0, 0.05) is 19.6 Å². The van der Waals surface area contributed by atoms with Gasteiger partial charge in [0.1, 0.15) is 12.4 Å². The second-order valence-electron chi connectivity index (χ2n) is 4.32. The molecule has 0 radical (unpaired) electrons. The highest BCUT2D eigenvalue weighted by Crippen LogP contribution is 2.19. The van der Waals surface area contributed by atoms with Crippen LogP contribution >= 0.6 is 0 Å². The average Bonchev–Trinajstić information content (AvgIpc) is 2.48. The van der Waals surface area contributed by atoms with E-state index in [4.69, 9.17) is 4.74 Å². The Morgan fingerprint density at radius 2 is 1.76 bits per heavy atom. The van der Waals surface area contributed by atoms with E-state index in [2.05, 4.69) is 18.5 Å². The highest BCUT2D eigenvalue weighted by molar-refractivity contribution is 7.89. The maximum absolute atomic E-state index is 12.5. The summed E-state index contributed by atoms with van der Waals surface area (Å²) in [5.74, 6) is 0.642. The fraction of sp³-hybridized carbons (Fsp3) is 0.333. The SMILES string of the molecule is C=CCN(CC=C)S(=O)(=O)c1ccc(OCCNC)cc1. The van der Waals surface area contributed by atoms with Crippen molar-refractivity contribution in [3.8, 4) is 5.75 Å². The first-order valence-electron chi connectivity index (χ1n) is 6.65. The van der Waals surface area contributed by atoms with E-state index in [9.17, 15) is 8.42 Å². The van der Waals surface area contributed by atoms with Crippen molar-refractivity contribution in [1.29, 1.82) is 0 Å².